The van der Waals surface area contributed by atoms with Gasteiger partial charge in [0.2, 0.25) is 10.0 Å². The number of carbonyl (C=O) groups is 1. The van der Waals surface area contributed by atoms with Crippen LogP contribution in [0.15, 0.2) is 29.2 Å². The predicted molar refractivity (Wildman–Crippen MR) is 75.8 cm³/mol. The minimum absolute atomic E-state index is 0.00192. The Balaban J connectivity index is 3.06. The van der Waals surface area contributed by atoms with Gasteiger partial charge in [0.1, 0.15) is 11.0 Å². The van der Waals surface area contributed by atoms with Crippen LogP contribution in [0.3, 0.4) is 0 Å². The molecule has 1 aromatic carbocycles. The van der Waals surface area contributed by atoms with E-state index in [4.69, 9.17) is 10.5 Å². The van der Waals surface area contributed by atoms with Crippen LogP contribution in [0, 0.1) is 0 Å². The fourth-order valence-corrected chi connectivity index (χ4v) is 2.80. The Kier molecular flexibility index (Phi) is 6.08. The molecule has 0 aliphatic rings. The molecule has 0 aromatic heterocycles. The van der Waals surface area contributed by atoms with Crippen molar-refractivity contribution in [3.8, 4) is 0 Å². The number of methoxy groups -OCH3 is 1. The smallest absolute Gasteiger partial charge is 0.254 e. The molecule has 8 heteroatoms. The second-order valence-electron chi connectivity index (χ2n) is 3.95. The molecule has 0 aliphatic carbocycles. The lowest BCUT2D eigenvalue weighted by Gasteiger charge is -2.15. The summed E-state index contributed by atoms with van der Waals surface area (Å²) in [6.07, 6.45) is -0.829. The highest BCUT2D eigenvalue weighted by Crippen LogP contribution is 2.20. The van der Waals surface area contributed by atoms with Gasteiger partial charge >= 0.3 is 0 Å². The Labute approximate surface area is 118 Å². The largest absolute Gasteiger partial charge is 0.370 e. The van der Waals surface area contributed by atoms with Crippen LogP contribution in [-0.4, -0.2) is 40.6 Å². The lowest BCUT2D eigenvalue weighted by atomic mass is 10.3. The van der Waals surface area contributed by atoms with Gasteiger partial charge in [0.05, 0.1) is 5.69 Å². The zero-order valence-corrected chi connectivity index (χ0v) is 12.2. The molecule has 7 nitrogen and oxygen atoms in total. The lowest BCUT2D eigenvalue weighted by molar-refractivity contribution is -0.125. The van der Waals surface area contributed by atoms with Crippen LogP contribution in [0.1, 0.15) is 6.92 Å². The highest BCUT2D eigenvalue weighted by Gasteiger charge is 2.21. The quantitative estimate of drug-likeness (QED) is 0.651. The van der Waals surface area contributed by atoms with Gasteiger partial charge in [-0.05, 0) is 12.1 Å². The first-order valence-corrected chi connectivity index (χ1v) is 7.57. The summed E-state index contributed by atoms with van der Waals surface area (Å²) in [5.74, 6) is -0.492. The Morgan fingerprint density at radius 1 is 1.40 bits per heavy atom. The van der Waals surface area contributed by atoms with E-state index in [9.17, 15) is 13.2 Å². The van der Waals surface area contributed by atoms with Gasteiger partial charge < -0.3 is 15.8 Å². The molecule has 0 radical (unpaired) electrons. The van der Waals surface area contributed by atoms with Crippen molar-refractivity contribution in [2.75, 3.05) is 25.5 Å². The molecule has 0 aliphatic heterocycles. The number of benzene rings is 1. The maximum Gasteiger partial charge on any atom is 0.254 e. The molecule has 112 valence electrons. The van der Waals surface area contributed by atoms with Crippen molar-refractivity contribution in [3.63, 3.8) is 0 Å². The standard InChI is InChI=1S/C12H19N3O4S/c1-3-14-20(17,18)11-7-5-4-6-9(11)15-12(16)10(8-13)19-2/h4-7,10,14H,3,8,13H2,1-2H3,(H,15,16). The van der Waals surface area contributed by atoms with Crippen molar-refractivity contribution < 1.29 is 17.9 Å². The van der Waals surface area contributed by atoms with Crippen LogP contribution in [0.25, 0.3) is 0 Å². The summed E-state index contributed by atoms with van der Waals surface area (Å²) in [6, 6.07) is 6.13. The van der Waals surface area contributed by atoms with Crippen LogP contribution >= 0.6 is 0 Å². The molecule has 1 unspecified atom stereocenters. The number of sulfonamides is 1. The van der Waals surface area contributed by atoms with E-state index in [1.807, 2.05) is 0 Å². The van der Waals surface area contributed by atoms with Crippen LogP contribution in [-0.2, 0) is 19.6 Å². The van der Waals surface area contributed by atoms with Crippen LogP contribution < -0.4 is 15.8 Å². The Hall–Kier alpha value is -1.48. The highest BCUT2D eigenvalue weighted by molar-refractivity contribution is 7.89. The molecular formula is C12H19N3O4S. The number of nitrogens with two attached hydrogens (primary N) is 1. The number of nitrogens with one attached hydrogen (secondary N) is 2. The summed E-state index contributed by atoms with van der Waals surface area (Å²) in [6.45, 7) is 1.94. The van der Waals surface area contributed by atoms with Gasteiger partial charge in [-0.15, -0.1) is 0 Å². The van der Waals surface area contributed by atoms with E-state index >= 15 is 0 Å². The fourth-order valence-electron chi connectivity index (χ4n) is 1.60. The average Bonchev–Trinajstić information content (AvgIpc) is 2.40. The molecule has 1 aromatic rings. The van der Waals surface area contributed by atoms with E-state index in [-0.39, 0.29) is 23.7 Å². The van der Waals surface area contributed by atoms with Crippen LogP contribution in [0.4, 0.5) is 5.69 Å². The minimum Gasteiger partial charge on any atom is -0.370 e. The van der Waals surface area contributed by atoms with E-state index in [0.717, 1.165) is 0 Å². The maximum atomic E-state index is 12.0. The molecule has 1 rings (SSSR count). The Morgan fingerprint density at radius 3 is 2.60 bits per heavy atom. The van der Waals surface area contributed by atoms with Crippen LogP contribution in [0.2, 0.25) is 0 Å². The van der Waals surface area contributed by atoms with Gasteiger partial charge in [-0.1, -0.05) is 19.1 Å². The zero-order chi connectivity index (χ0) is 15.2. The molecule has 0 heterocycles. The van der Waals surface area contributed by atoms with Gasteiger partial charge in [-0.25, -0.2) is 13.1 Å². The lowest BCUT2D eigenvalue weighted by Crippen LogP contribution is -2.36. The van der Waals surface area contributed by atoms with E-state index in [0.29, 0.717) is 0 Å². The Morgan fingerprint density at radius 2 is 2.05 bits per heavy atom. The summed E-state index contributed by atoms with van der Waals surface area (Å²) in [7, 11) is -2.30. The van der Waals surface area contributed by atoms with Crippen LogP contribution in [0.5, 0.6) is 0 Å². The van der Waals surface area contributed by atoms with Gasteiger partial charge in [0, 0.05) is 20.2 Å². The maximum absolute atomic E-state index is 12.0. The second kappa shape index (κ2) is 7.34. The van der Waals surface area contributed by atoms with Gasteiger partial charge in [-0.3, -0.25) is 4.79 Å². The molecule has 4 N–H and O–H groups in total. The van der Waals surface area contributed by atoms with Crippen molar-refractivity contribution in [2.45, 2.75) is 17.9 Å². The number of hydrogen-bond donors (Lipinski definition) is 3. The van der Waals surface area contributed by atoms with Crippen molar-refractivity contribution in [1.82, 2.24) is 4.72 Å². The molecular weight excluding hydrogens is 282 g/mol. The number of ether oxygens (including phenoxy) is 1. The molecule has 0 fully saturated rings. The third kappa shape index (κ3) is 4.01. The SMILES string of the molecule is CCNS(=O)(=O)c1ccccc1NC(=O)C(CN)OC. The number of hydrogen-bond acceptors (Lipinski definition) is 5. The van der Waals surface area contributed by atoms with Gasteiger partial charge in [-0.2, -0.15) is 0 Å². The average molecular weight is 301 g/mol. The first-order valence-electron chi connectivity index (χ1n) is 6.08. The number of anilines is 1. The van der Waals surface area contributed by atoms with Crippen molar-refractivity contribution in [1.29, 1.82) is 0 Å². The normalized spacial score (nSPS) is 12.9. The summed E-state index contributed by atoms with van der Waals surface area (Å²) >= 11 is 0. The summed E-state index contributed by atoms with van der Waals surface area (Å²) in [5.41, 5.74) is 5.58. The zero-order valence-electron chi connectivity index (χ0n) is 11.4. The second-order valence-corrected chi connectivity index (χ2v) is 5.68. The summed E-state index contributed by atoms with van der Waals surface area (Å²) in [5, 5.41) is 2.51. The molecule has 1 amide bonds. The number of para-hydroxylation sites is 1. The highest BCUT2D eigenvalue weighted by atomic mass is 32.2. The number of rotatable bonds is 7. The topological polar surface area (TPSA) is 111 Å². The van der Waals surface area contributed by atoms with Gasteiger partial charge in [0.25, 0.3) is 5.91 Å². The first-order chi connectivity index (χ1) is 9.46. The van der Waals surface area contributed by atoms with Crippen molar-refractivity contribution in [3.05, 3.63) is 24.3 Å². The van der Waals surface area contributed by atoms with E-state index in [1.54, 1.807) is 19.1 Å². The predicted octanol–water partition coefficient (Wildman–Crippen LogP) is -0.103. The first kappa shape index (κ1) is 16.6. The molecule has 20 heavy (non-hydrogen) atoms. The number of amides is 1. The monoisotopic (exact) mass is 301 g/mol. The van der Waals surface area contributed by atoms with E-state index < -0.39 is 22.0 Å². The molecule has 0 saturated heterocycles. The summed E-state index contributed by atoms with van der Waals surface area (Å²) < 4.78 is 31.3. The Bertz CT molecular complexity index is 556. The molecule has 0 bridgehead atoms. The third-order valence-corrected chi connectivity index (χ3v) is 4.16. The minimum atomic E-state index is -3.66. The summed E-state index contributed by atoms with van der Waals surface area (Å²) in [4.78, 5) is 11.9. The van der Waals surface area contributed by atoms with E-state index in [2.05, 4.69) is 10.0 Å². The van der Waals surface area contributed by atoms with Crippen molar-refractivity contribution >= 4 is 21.6 Å². The van der Waals surface area contributed by atoms with Gasteiger partial charge in [0.15, 0.2) is 0 Å². The molecule has 0 spiro atoms. The molecule has 0 saturated carbocycles. The fraction of sp³-hybridized carbons (Fsp3) is 0.417. The van der Waals surface area contributed by atoms with Crippen molar-refractivity contribution in [2.24, 2.45) is 5.73 Å². The number of carbonyl (C=O) groups excluding carboxylic acids is 1. The molecule has 1 atom stereocenters. The van der Waals surface area contributed by atoms with E-state index in [1.165, 1.54) is 19.2 Å². The third-order valence-electron chi connectivity index (χ3n) is 2.56.